The molecular weight excluding hydrogens is 304 g/mol. The summed E-state index contributed by atoms with van der Waals surface area (Å²) >= 11 is 0. The normalized spacial score (nSPS) is 20.4. The van der Waals surface area contributed by atoms with E-state index >= 15 is 0 Å². The number of nitrogens with one attached hydrogen (secondary N) is 1. The minimum Gasteiger partial charge on any atom is -0.497 e. The van der Waals surface area contributed by atoms with Gasteiger partial charge in [0.15, 0.2) is 0 Å². The van der Waals surface area contributed by atoms with Crippen LogP contribution in [0.1, 0.15) is 33.6 Å². The summed E-state index contributed by atoms with van der Waals surface area (Å²) in [5.41, 5.74) is 0.221. The van der Waals surface area contributed by atoms with Crippen LogP contribution < -0.4 is 14.8 Å². The number of carbonyl (C=O) groups excluding carboxylic acids is 4. The number of methoxy groups -OCH3 is 2. The van der Waals surface area contributed by atoms with Gasteiger partial charge in [-0.3, -0.25) is 29.4 Å². The van der Waals surface area contributed by atoms with Gasteiger partial charge in [-0.2, -0.15) is 0 Å². The van der Waals surface area contributed by atoms with Crippen LogP contribution in [0.5, 0.6) is 11.5 Å². The van der Waals surface area contributed by atoms with Crippen LogP contribution >= 0.6 is 0 Å². The number of amides is 4. The van der Waals surface area contributed by atoms with Crippen molar-refractivity contribution in [2.45, 2.75) is 18.9 Å². The molecule has 1 N–H and O–H groups in total. The lowest BCUT2D eigenvalue weighted by atomic mass is 10.0. The minimum atomic E-state index is -1.00. The van der Waals surface area contributed by atoms with Gasteiger partial charge in [0.1, 0.15) is 17.5 Å². The number of imide groups is 2. The smallest absolute Gasteiger partial charge is 0.266 e. The molecule has 1 fully saturated rings. The van der Waals surface area contributed by atoms with Crippen molar-refractivity contribution < 1.29 is 28.7 Å². The lowest BCUT2D eigenvalue weighted by molar-refractivity contribution is -0.136. The molecule has 3 rings (SSSR count). The molecule has 1 unspecified atom stereocenters. The van der Waals surface area contributed by atoms with E-state index in [1.54, 1.807) is 0 Å². The summed E-state index contributed by atoms with van der Waals surface area (Å²) in [6.07, 6.45) is 0.180. The summed E-state index contributed by atoms with van der Waals surface area (Å²) < 4.78 is 10.3. The van der Waals surface area contributed by atoms with Crippen LogP contribution in [0.25, 0.3) is 0 Å². The first-order chi connectivity index (χ1) is 11.0. The van der Waals surface area contributed by atoms with Crippen LogP contribution in [0, 0.1) is 0 Å². The molecule has 8 heteroatoms. The minimum absolute atomic E-state index is 0.0737. The maximum absolute atomic E-state index is 12.6. The molecule has 120 valence electrons. The number of carbonyl (C=O) groups is 4. The maximum atomic E-state index is 12.6. The molecule has 1 atom stereocenters. The Hall–Kier alpha value is -2.90. The molecular formula is C15H14N2O6. The fourth-order valence-corrected chi connectivity index (χ4v) is 2.81. The van der Waals surface area contributed by atoms with Gasteiger partial charge in [0.25, 0.3) is 11.8 Å². The van der Waals surface area contributed by atoms with Gasteiger partial charge in [0.2, 0.25) is 11.8 Å². The SMILES string of the molecule is COc1cc(OC)c2c(c1)C(=O)N(C1CCC(=O)NC1=O)C2=O. The molecule has 2 aliphatic heterocycles. The number of piperidine rings is 1. The molecule has 8 nitrogen and oxygen atoms in total. The topological polar surface area (TPSA) is 102 Å². The Bertz CT molecular complexity index is 742. The fraction of sp³-hybridized carbons (Fsp3) is 0.333. The second kappa shape index (κ2) is 5.38. The Morgan fingerprint density at radius 3 is 2.43 bits per heavy atom. The first-order valence-electron chi connectivity index (χ1n) is 6.95. The van der Waals surface area contributed by atoms with E-state index in [1.807, 2.05) is 0 Å². The first kappa shape index (κ1) is 15.0. The van der Waals surface area contributed by atoms with Gasteiger partial charge in [-0.05, 0) is 12.5 Å². The van der Waals surface area contributed by atoms with Gasteiger partial charge in [0, 0.05) is 12.5 Å². The largest absolute Gasteiger partial charge is 0.497 e. The van der Waals surface area contributed by atoms with Crippen LogP contribution in [0.4, 0.5) is 0 Å². The summed E-state index contributed by atoms with van der Waals surface area (Å²) in [6.45, 7) is 0. The first-order valence-corrected chi connectivity index (χ1v) is 6.95. The highest BCUT2D eigenvalue weighted by Gasteiger charge is 2.46. The predicted octanol–water partition coefficient (Wildman–Crippen LogP) is 0.105. The third-order valence-corrected chi connectivity index (χ3v) is 3.93. The number of fused-ring (bicyclic) bond motifs is 1. The lowest BCUT2D eigenvalue weighted by Crippen LogP contribution is -2.54. The zero-order valence-electron chi connectivity index (χ0n) is 12.5. The molecule has 4 amide bonds. The molecule has 23 heavy (non-hydrogen) atoms. The summed E-state index contributed by atoms with van der Waals surface area (Å²) in [5, 5.41) is 2.15. The van der Waals surface area contributed by atoms with Crippen LogP contribution in [-0.4, -0.2) is 48.8 Å². The Labute approximate surface area is 131 Å². The van der Waals surface area contributed by atoms with E-state index < -0.39 is 29.7 Å². The average Bonchev–Trinajstić information content (AvgIpc) is 2.78. The van der Waals surface area contributed by atoms with Gasteiger partial charge in [-0.15, -0.1) is 0 Å². The second-order valence-electron chi connectivity index (χ2n) is 5.20. The Morgan fingerprint density at radius 1 is 1.09 bits per heavy atom. The highest BCUT2D eigenvalue weighted by Crippen LogP contribution is 2.36. The van der Waals surface area contributed by atoms with Crippen molar-refractivity contribution in [1.82, 2.24) is 10.2 Å². The zero-order chi connectivity index (χ0) is 16.7. The van der Waals surface area contributed by atoms with Crippen LogP contribution in [-0.2, 0) is 9.59 Å². The molecule has 0 aromatic heterocycles. The van der Waals surface area contributed by atoms with E-state index in [1.165, 1.54) is 26.4 Å². The summed E-state index contributed by atoms with van der Waals surface area (Å²) in [7, 11) is 2.81. The third kappa shape index (κ3) is 2.23. The van der Waals surface area contributed by atoms with Crippen molar-refractivity contribution in [3.05, 3.63) is 23.3 Å². The molecule has 0 bridgehead atoms. The summed E-state index contributed by atoms with van der Waals surface area (Å²) in [4.78, 5) is 49.3. The van der Waals surface area contributed by atoms with Crippen molar-refractivity contribution in [1.29, 1.82) is 0 Å². The molecule has 2 aliphatic rings. The van der Waals surface area contributed by atoms with Gasteiger partial charge >= 0.3 is 0 Å². The number of nitrogens with zero attached hydrogens (tertiary/aromatic N) is 1. The van der Waals surface area contributed by atoms with Crippen LogP contribution in [0.15, 0.2) is 12.1 Å². The van der Waals surface area contributed by atoms with Crippen LogP contribution in [0.3, 0.4) is 0 Å². The average molecular weight is 318 g/mol. The number of rotatable bonds is 3. The van der Waals surface area contributed by atoms with Crippen molar-refractivity contribution in [2.24, 2.45) is 0 Å². The number of hydrogen-bond donors (Lipinski definition) is 1. The van der Waals surface area contributed by atoms with Crippen LogP contribution in [0.2, 0.25) is 0 Å². The molecule has 1 saturated heterocycles. The van der Waals surface area contributed by atoms with E-state index in [0.29, 0.717) is 5.75 Å². The number of hydrogen-bond acceptors (Lipinski definition) is 6. The van der Waals surface area contributed by atoms with E-state index in [2.05, 4.69) is 5.32 Å². The van der Waals surface area contributed by atoms with E-state index in [4.69, 9.17) is 9.47 Å². The zero-order valence-corrected chi connectivity index (χ0v) is 12.5. The predicted molar refractivity (Wildman–Crippen MR) is 76.2 cm³/mol. The van der Waals surface area contributed by atoms with Gasteiger partial charge in [-0.1, -0.05) is 0 Å². The van der Waals surface area contributed by atoms with Crippen molar-refractivity contribution in [2.75, 3.05) is 14.2 Å². The summed E-state index contributed by atoms with van der Waals surface area (Å²) in [5.74, 6) is -1.71. The van der Waals surface area contributed by atoms with Gasteiger partial charge < -0.3 is 9.47 Å². The van der Waals surface area contributed by atoms with E-state index in [0.717, 1.165) is 4.90 Å². The highest BCUT2D eigenvalue weighted by molar-refractivity contribution is 6.24. The molecule has 1 aromatic rings. The molecule has 1 aromatic carbocycles. The van der Waals surface area contributed by atoms with Crippen molar-refractivity contribution in [3.63, 3.8) is 0 Å². The summed E-state index contributed by atoms with van der Waals surface area (Å²) in [6, 6.07) is 1.93. The van der Waals surface area contributed by atoms with Crippen molar-refractivity contribution in [3.8, 4) is 11.5 Å². The number of ether oxygens (including phenoxy) is 2. The third-order valence-electron chi connectivity index (χ3n) is 3.93. The molecule has 0 saturated carbocycles. The van der Waals surface area contributed by atoms with E-state index in [-0.39, 0.29) is 29.7 Å². The molecule has 0 radical (unpaired) electrons. The Morgan fingerprint density at radius 2 is 1.83 bits per heavy atom. The standard InChI is InChI=1S/C15H14N2O6/c1-22-7-5-8-12(10(6-7)23-2)15(21)17(14(8)20)9-3-4-11(18)16-13(9)19/h5-6,9H,3-4H2,1-2H3,(H,16,18,19). The molecule has 0 aliphatic carbocycles. The van der Waals surface area contributed by atoms with Crippen molar-refractivity contribution >= 4 is 23.6 Å². The Balaban J connectivity index is 2.04. The highest BCUT2D eigenvalue weighted by atomic mass is 16.5. The second-order valence-corrected chi connectivity index (χ2v) is 5.20. The number of benzene rings is 1. The lowest BCUT2D eigenvalue weighted by Gasteiger charge is -2.27. The fourth-order valence-electron chi connectivity index (χ4n) is 2.81. The molecule has 2 heterocycles. The van der Waals surface area contributed by atoms with Gasteiger partial charge in [0.05, 0.1) is 25.3 Å². The van der Waals surface area contributed by atoms with E-state index in [9.17, 15) is 19.2 Å². The monoisotopic (exact) mass is 318 g/mol. The Kier molecular flexibility index (Phi) is 3.51. The quantitative estimate of drug-likeness (QED) is 0.793. The van der Waals surface area contributed by atoms with Gasteiger partial charge in [-0.25, -0.2) is 0 Å². The molecule has 0 spiro atoms. The maximum Gasteiger partial charge on any atom is 0.266 e.